The molecule has 0 aliphatic carbocycles. The van der Waals surface area contributed by atoms with Crippen LogP contribution in [0.25, 0.3) is 0 Å². The van der Waals surface area contributed by atoms with Gasteiger partial charge in [-0.15, -0.1) is 0 Å². The second-order valence-corrected chi connectivity index (χ2v) is 9.18. The van der Waals surface area contributed by atoms with Crippen LogP contribution in [0.15, 0.2) is 97.1 Å². The van der Waals surface area contributed by atoms with E-state index in [2.05, 4.69) is 13.8 Å². The zero-order valence-electron chi connectivity index (χ0n) is 20.4. The van der Waals surface area contributed by atoms with Crippen LogP contribution in [0.4, 0.5) is 0 Å². The second-order valence-electron chi connectivity index (χ2n) is 9.18. The van der Waals surface area contributed by atoms with Crippen molar-refractivity contribution in [3.8, 4) is 11.5 Å². The SMILES string of the molecule is Cc1ccc(C(=O)Oc2ccc(C(C)(C)c3ccc(OC(=O)c4ccc(C)cc4)cc3)cc2)cc1. The van der Waals surface area contributed by atoms with E-state index in [0.29, 0.717) is 22.6 Å². The fraction of sp³-hybridized carbons (Fsp3) is 0.161. The Balaban J connectivity index is 1.43. The third-order valence-corrected chi connectivity index (χ3v) is 6.15. The van der Waals surface area contributed by atoms with Gasteiger partial charge in [0, 0.05) is 5.41 Å². The number of esters is 2. The summed E-state index contributed by atoms with van der Waals surface area (Å²) in [5.74, 6) is 0.225. The fourth-order valence-electron chi connectivity index (χ4n) is 3.76. The molecule has 4 aromatic carbocycles. The molecule has 0 fully saturated rings. The van der Waals surface area contributed by atoms with E-state index in [-0.39, 0.29) is 17.4 Å². The van der Waals surface area contributed by atoms with E-state index in [1.807, 2.05) is 62.4 Å². The number of carbonyl (C=O) groups is 2. The zero-order chi connectivity index (χ0) is 25.0. The molecular weight excluding hydrogens is 436 g/mol. The molecule has 176 valence electrons. The van der Waals surface area contributed by atoms with Crippen molar-refractivity contribution < 1.29 is 19.1 Å². The van der Waals surface area contributed by atoms with Crippen molar-refractivity contribution in [3.63, 3.8) is 0 Å². The van der Waals surface area contributed by atoms with Gasteiger partial charge < -0.3 is 9.47 Å². The number of hydrogen-bond acceptors (Lipinski definition) is 4. The molecule has 0 spiro atoms. The van der Waals surface area contributed by atoms with Gasteiger partial charge in [-0.3, -0.25) is 0 Å². The molecule has 0 aliphatic heterocycles. The Hall–Kier alpha value is -4.18. The predicted molar refractivity (Wildman–Crippen MR) is 137 cm³/mol. The van der Waals surface area contributed by atoms with Gasteiger partial charge in [-0.05, 0) is 73.5 Å². The topological polar surface area (TPSA) is 52.6 Å². The van der Waals surface area contributed by atoms with Crippen molar-refractivity contribution in [2.45, 2.75) is 33.1 Å². The number of carbonyl (C=O) groups excluding carboxylic acids is 2. The first-order valence-electron chi connectivity index (χ1n) is 11.5. The quantitative estimate of drug-likeness (QED) is 0.226. The lowest BCUT2D eigenvalue weighted by Gasteiger charge is -2.26. The summed E-state index contributed by atoms with van der Waals surface area (Å²) in [5.41, 5.74) is 5.04. The number of ether oxygens (including phenoxy) is 2. The summed E-state index contributed by atoms with van der Waals surface area (Å²) in [6, 6.07) is 29.7. The highest BCUT2D eigenvalue weighted by Crippen LogP contribution is 2.33. The summed E-state index contributed by atoms with van der Waals surface area (Å²) in [6.07, 6.45) is 0. The number of rotatable bonds is 6. The van der Waals surface area contributed by atoms with Crippen molar-refractivity contribution >= 4 is 11.9 Å². The van der Waals surface area contributed by atoms with Gasteiger partial charge in [0.25, 0.3) is 0 Å². The lowest BCUT2D eigenvalue weighted by Crippen LogP contribution is -2.19. The molecule has 0 saturated heterocycles. The minimum absolute atomic E-state index is 0.307. The molecule has 0 amide bonds. The predicted octanol–water partition coefficient (Wildman–Crippen LogP) is 7.07. The van der Waals surface area contributed by atoms with Gasteiger partial charge in [0.15, 0.2) is 0 Å². The molecule has 4 aromatic rings. The molecule has 0 saturated carbocycles. The Kier molecular flexibility index (Phi) is 6.83. The minimum Gasteiger partial charge on any atom is -0.423 e. The summed E-state index contributed by atoms with van der Waals surface area (Å²) in [5, 5.41) is 0. The van der Waals surface area contributed by atoms with Crippen LogP contribution in [0, 0.1) is 13.8 Å². The van der Waals surface area contributed by atoms with Crippen LogP contribution in [-0.2, 0) is 5.41 Å². The van der Waals surface area contributed by atoms with Crippen molar-refractivity contribution in [2.24, 2.45) is 0 Å². The largest absolute Gasteiger partial charge is 0.423 e. The van der Waals surface area contributed by atoms with Crippen LogP contribution < -0.4 is 9.47 Å². The van der Waals surface area contributed by atoms with Crippen LogP contribution in [0.2, 0.25) is 0 Å². The molecular formula is C31H28O4. The molecule has 0 N–H and O–H groups in total. The lowest BCUT2D eigenvalue weighted by molar-refractivity contribution is 0.0725. The van der Waals surface area contributed by atoms with Gasteiger partial charge in [0.1, 0.15) is 11.5 Å². The monoisotopic (exact) mass is 464 g/mol. The number of benzene rings is 4. The molecule has 4 rings (SSSR count). The maximum Gasteiger partial charge on any atom is 0.343 e. The van der Waals surface area contributed by atoms with E-state index < -0.39 is 0 Å². The Labute approximate surface area is 206 Å². The average Bonchev–Trinajstić information content (AvgIpc) is 2.85. The zero-order valence-corrected chi connectivity index (χ0v) is 20.4. The average molecular weight is 465 g/mol. The van der Waals surface area contributed by atoms with Crippen LogP contribution in [-0.4, -0.2) is 11.9 Å². The lowest BCUT2D eigenvalue weighted by atomic mass is 9.78. The first-order valence-corrected chi connectivity index (χ1v) is 11.5. The number of aryl methyl sites for hydroxylation is 2. The summed E-state index contributed by atoms with van der Waals surface area (Å²) < 4.78 is 11.0. The molecule has 4 heteroatoms. The molecule has 0 aromatic heterocycles. The van der Waals surface area contributed by atoms with Gasteiger partial charge in [-0.1, -0.05) is 73.5 Å². The van der Waals surface area contributed by atoms with E-state index in [1.165, 1.54) is 0 Å². The maximum atomic E-state index is 12.4. The molecule has 0 bridgehead atoms. The fourth-order valence-corrected chi connectivity index (χ4v) is 3.76. The van der Waals surface area contributed by atoms with E-state index in [1.54, 1.807) is 48.5 Å². The molecule has 0 heterocycles. The highest BCUT2D eigenvalue weighted by Gasteiger charge is 2.23. The van der Waals surface area contributed by atoms with E-state index >= 15 is 0 Å². The van der Waals surface area contributed by atoms with E-state index in [0.717, 1.165) is 22.3 Å². The van der Waals surface area contributed by atoms with Gasteiger partial charge >= 0.3 is 11.9 Å². The first-order chi connectivity index (χ1) is 16.7. The van der Waals surface area contributed by atoms with Gasteiger partial charge in [-0.2, -0.15) is 0 Å². The molecule has 0 radical (unpaired) electrons. The van der Waals surface area contributed by atoms with Crippen LogP contribution in [0.3, 0.4) is 0 Å². The Morgan fingerprint density at radius 3 is 1.14 bits per heavy atom. The standard InChI is InChI=1S/C31H28O4/c1-21-5-9-23(10-6-21)29(32)34-27-17-13-25(14-18-27)31(3,4)26-15-19-28(20-16-26)35-30(33)24-11-7-22(2)8-12-24/h5-20H,1-4H3. The summed E-state index contributed by atoms with van der Waals surface area (Å²) >= 11 is 0. The van der Waals surface area contributed by atoms with Crippen LogP contribution in [0.5, 0.6) is 11.5 Å². The third-order valence-electron chi connectivity index (χ3n) is 6.15. The highest BCUT2D eigenvalue weighted by molar-refractivity contribution is 5.91. The van der Waals surface area contributed by atoms with Gasteiger partial charge in [0.05, 0.1) is 11.1 Å². The Morgan fingerprint density at radius 1 is 0.514 bits per heavy atom. The van der Waals surface area contributed by atoms with E-state index in [4.69, 9.17) is 9.47 Å². The maximum absolute atomic E-state index is 12.4. The van der Waals surface area contributed by atoms with Crippen molar-refractivity contribution in [1.29, 1.82) is 0 Å². The normalized spacial score (nSPS) is 11.1. The summed E-state index contributed by atoms with van der Waals surface area (Å²) in [4.78, 5) is 24.8. The van der Waals surface area contributed by atoms with E-state index in [9.17, 15) is 9.59 Å². The summed E-state index contributed by atoms with van der Waals surface area (Å²) in [7, 11) is 0. The second kappa shape index (κ2) is 9.98. The van der Waals surface area contributed by atoms with Gasteiger partial charge in [-0.25, -0.2) is 9.59 Å². The first kappa shape index (κ1) is 24.0. The molecule has 0 aliphatic rings. The highest BCUT2D eigenvalue weighted by atomic mass is 16.5. The van der Waals surface area contributed by atoms with Gasteiger partial charge in [0.2, 0.25) is 0 Å². The van der Waals surface area contributed by atoms with Crippen molar-refractivity contribution in [1.82, 2.24) is 0 Å². The smallest absolute Gasteiger partial charge is 0.343 e. The van der Waals surface area contributed by atoms with Crippen molar-refractivity contribution in [2.75, 3.05) is 0 Å². The molecule has 0 unspecified atom stereocenters. The van der Waals surface area contributed by atoms with Crippen LogP contribution in [0.1, 0.15) is 56.8 Å². The molecule has 35 heavy (non-hydrogen) atoms. The number of hydrogen-bond donors (Lipinski definition) is 0. The van der Waals surface area contributed by atoms with Crippen molar-refractivity contribution in [3.05, 3.63) is 130 Å². The molecule has 0 atom stereocenters. The Bertz CT molecular complexity index is 1210. The minimum atomic E-state index is -0.382. The molecule has 4 nitrogen and oxygen atoms in total. The van der Waals surface area contributed by atoms with Crippen LogP contribution >= 0.6 is 0 Å². The summed E-state index contributed by atoms with van der Waals surface area (Å²) in [6.45, 7) is 8.18. The third kappa shape index (κ3) is 5.67. The Morgan fingerprint density at radius 2 is 0.829 bits per heavy atom.